The first-order valence-electron chi connectivity index (χ1n) is 6.83. The van der Waals surface area contributed by atoms with E-state index in [4.69, 9.17) is 4.98 Å². The monoisotopic (exact) mass is 243 g/mol. The van der Waals surface area contributed by atoms with Crippen molar-refractivity contribution >= 4 is 5.82 Å². The summed E-state index contributed by atoms with van der Waals surface area (Å²) in [6, 6.07) is 4.29. The number of anilines is 1. The first kappa shape index (κ1) is 12.9. The minimum absolute atomic E-state index is 0.499. The van der Waals surface area contributed by atoms with Gasteiger partial charge in [-0.1, -0.05) is 20.8 Å². The third-order valence-electron chi connectivity index (χ3n) is 3.59. The second kappa shape index (κ2) is 5.39. The van der Waals surface area contributed by atoms with Crippen molar-refractivity contribution in [1.82, 2.24) is 4.98 Å². The van der Waals surface area contributed by atoms with Gasteiger partial charge in [0, 0.05) is 12.2 Å². The van der Waals surface area contributed by atoms with Gasteiger partial charge in [-0.05, 0) is 42.7 Å². The smallest absolute Gasteiger partial charge is 0.144 e. The van der Waals surface area contributed by atoms with E-state index in [2.05, 4.69) is 32.2 Å². The van der Waals surface area contributed by atoms with Crippen molar-refractivity contribution < 1.29 is 0 Å². The van der Waals surface area contributed by atoms with Gasteiger partial charge in [-0.15, -0.1) is 0 Å². The quantitative estimate of drug-likeness (QED) is 0.884. The molecule has 2 unspecified atom stereocenters. The van der Waals surface area contributed by atoms with Crippen molar-refractivity contribution in [2.75, 3.05) is 11.9 Å². The molecule has 0 spiro atoms. The van der Waals surface area contributed by atoms with Gasteiger partial charge >= 0.3 is 0 Å². The molecule has 1 aromatic heterocycles. The van der Waals surface area contributed by atoms with Crippen LogP contribution in [-0.2, 0) is 6.42 Å². The summed E-state index contributed by atoms with van der Waals surface area (Å²) in [5.74, 6) is 1.95. The zero-order valence-corrected chi connectivity index (χ0v) is 11.5. The van der Waals surface area contributed by atoms with Gasteiger partial charge in [-0.2, -0.15) is 5.26 Å². The van der Waals surface area contributed by atoms with Crippen LogP contribution in [0.4, 0.5) is 5.82 Å². The van der Waals surface area contributed by atoms with Gasteiger partial charge in [0.1, 0.15) is 11.9 Å². The molecule has 1 heterocycles. The molecule has 0 saturated heterocycles. The summed E-state index contributed by atoms with van der Waals surface area (Å²) < 4.78 is 0. The van der Waals surface area contributed by atoms with Crippen LogP contribution in [0.2, 0.25) is 0 Å². The molecule has 0 amide bonds. The number of hydrogen-bond donors (Lipinski definition) is 1. The minimum atomic E-state index is 0.499. The summed E-state index contributed by atoms with van der Waals surface area (Å²) in [6.45, 7) is 7.49. The number of hydrogen-bond acceptors (Lipinski definition) is 3. The molecule has 1 aliphatic rings. The lowest BCUT2D eigenvalue weighted by Gasteiger charge is -2.27. The van der Waals surface area contributed by atoms with Crippen LogP contribution in [0.25, 0.3) is 0 Å². The Kier molecular flexibility index (Phi) is 3.86. The number of pyridine rings is 1. The van der Waals surface area contributed by atoms with Crippen LogP contribution in [0.15, 0.2) is 6.07 Å². The van der Waals surface area contributed by atoms with Gasteiger partial charge in [0.25, 0.3) is 0 Å². The summed E-state index contributed by atoms with van der Waals surface area (Å²) in [5, 5.41) is 12.5. The highest BCUT2D eigenvalue weighted by Crippen LogP contribution is 2.34. The van der Waals surface area contributed by atoms with E-state index in [9.17, 15) is 5.26 Å². The number of nitriles is 1. The molecule has 18 heavy (non-hydrogen) atoms. The van der Waals surface area contributed by atoms with Crippen molar-refractivity contribution in [3.63, 3.8) is 0 Å². The Hall–Kier alpha value is -1.56. The molecule has 0 aliphatic heterocycles. The van der Waals surface area contributed by atoms with E-state index >= 15 is 0 Å². The molecule has 1 aliphatic carbocycles. The first-order chi connectivity index (χ1) is 8.65. The van der Waals surface area contributed by atoms with E-state index in [1.54, 1.807) is 0 Å². The predicted octanol–water partition coefficient (Wildman–Crippen LogP) is 3.46. The Bertz CT molecular complexity index is 473. The fourth-order valence-corrected chi connectivity index (χ4v) is 2.80. The molecule has 3 heteroatoms. The maximum absolute atomic E-state index is 9.22. The molecule has 2 atom stereocenters. The van der Waals surface area contributed by atoms with E-state index in [0.29, 0.717) is 17.4 Å². The van der Waals surface area contributed by atoms with Crippen LogP contribution in [0, 0.1) is 17.2 Å². The Labute approximate surface area is 109 Å². The molecule has 0 aromatic carbocycles. The summed E-state index contributed by atoms with van der Waals surface area (Å²) in [6.07, 6.45) is 3.28. The van der Waals surface area contributed by atoms with Gasteiger partial charge in [-0.3, -0.25) is 0 Å². The topological polar surface area (TPSA) is 48.7 Å². The van der Waals surface area contributed by atoms with E-state index in [-0.39, 0.29) is 0 Å². The third kappa shape index (κ3) is 2.48. The number of rotatable bonds is 3. The second-order valence-electron chi connectivity index (χ2n) is 5.41. The fraction of sp³-hybridized carbons (Fsp3) is 0.600. The summed E-state index contributed by atoms with van der Waals surface area (Å²) >= 11 is 0. The van der Waals surface area contributed by atoms with Gasteiger partial charge in [0.15, 0.2) is 0 Å². The lowest BCUT2D eigenvalue weighted by molar-refractivity contribution is 0.441. The van der Waals surface area contributed by atoms with Crippen LogP contribution < -0.4 is 5.32 Å². The highest BCUT2D eigenvalue weighted by atomic mass is 15.0. The molecule has 0 fully saturated rings. The van der Waals surface area contributed by atoms with E-state index in [1.807, 2.05) is 6.07 Å². The number of nitrogens with zero attached hydrogens (tertiary/aromatic N) is 2. The fourth-order valence-electron chi connectivity index (χ4n) is 2.80. The van der Waals surface area contributed by atoms with E-state index < -0.39 is 0 Å². The van der Waals surface area contributed by atoms with Crippen molar-refractivity contribution in [1.29, 1.82) is 5.26 Å². The third-order valence-corrected chi connectivity index (χ3v) is 3.59. The number of aromatic nitrogens is 1. The molecule has 3 nitrogen and oxygen atoms in total. The first-order valence-corrected chi connectivity index (χ1v) is 6.83. The molecule has 0 radical (unpaired) electrons. The highest BCUT2D eigenvalue weighted by Gasteiger charge is 2.24. The van der Waals surface area contributed by atoms with Crippen LogP contribution in [-0.4, -0.2) is 11.5 Å². The van der Waals surface area contributed by atoms with Crippen molar-refractivity contribution in [3.8, 4) is 6.07 Å². The standard InChI is InChI=1S/C15H21N3/c1-4-5-17-15-13(9-16)8-12-7-10(2)6-11(3)14(12)18-15/h8,10-11H,4-7H2,1-3H3,(H,17,18). The Morgan fingerprint density at radius 2 is 2.28 bits per heavy atom. The Morgan fingerprint density at radius 3 is 2.94 bits per heavy atom. The lowest BCUT2D eigenvalue weighted by Crippen LogP contribution is -2.18. The maximum atomic E-state index is 9.22. The molecule has 2 rings (SSSR count). The van der Waals surface area contributed by atoms with E-state index in [0.717, 1.165) is 25.2 Å². The van der Waals surface area contributed by atoms with Gasteiger partial charge in [0.2, 0.25) is 0 Å². The lowest BCUT2D eigenvalue weighted by atomic mass is 9.81. The van der Waals surface area contributed by atoms with Crippen LogP contribution in [0.3, 0.4) is 0 Å². The molecule has 1 aromatic rings. The molecular formula is C15H21N3. The average Bonchev–Trinajstić information content (AvgIpc) is 2.35. The minimum Gasteiger partial charge on any atom is -0.369 e. The average molecular weight is 243 g/mol. The summed E-state index contributed by atoms with van der Waals surface area (Å²) in [4.78, 5) is 4.70. The summed E-state index contributed by atoms with van der Waals surface area (Å²) in [7, 11) is 0. The molecular weight excluding hydrogens is 222 g/mol. The van der Waals surface area contributed by atoms with Gasteiger partial charge in [-0.25, -0.2) is 4.98 Å². The van der Waals surface area contributed by atoms with Crippen LogP contribution in [0.1, 0.15) is 56.4 Å². The Balaban J connectivity index is 2.39. The van der Waals surface area contributed by atoms with E-state index in [1.165, 1.54) is 17.7 Å². The van der Waals surface area contributed by atoms with Crippen LogP contribution >= 0.6 is 0 Å². The zero-order valence-electron chi connectivity index (χ0n) is 11.5. The number of fused-ring (bicyclic) bond motifs is 1. The summed E-state index contributed by atoms with van der Waals surface area (Å²) in [5.41, 5.74) is 3.13. The largest absolute Gasteiger partial charge is 0.369 e. The van der Waals surface area contributed by atoms with Crippen molar-refractivity contribution in [2.45, 2.75) is 46.0 Å². The molecule has 0 saturated carbocycles. The molecule has 1 N–H and O–H groups in total. The van der Waals surface area contributed by atoms with Crippen molar-refractivity contribution in [2.24, 2.45) is 5.92 Å². The normalized spacial score (nSPS) is 22.1. The second-order valence-corrected chi connectivity index (χ2v) is 5.41. The zero-order chi connectivity index (χ0) is 13.1. The Morgan fingerprint density at radius 1 is 1.50 bits per heavy atom. The maximum Gasteiger partial charge on any atom is 0.144 e. The van der Waals surface area contributed by atoms with Crippen molar-refractivity contribution in [3.05, 3.63) is 22.9 Å². The SMILES string of the molecule is CCCNc1nc2c(cc1C#N)CC(C)CC2C. The molecule has 96 valence electrons. The van der Waals surface area contributed by atoms with Gasteiger partial charge in [0.05, 0.1) is 5.56 Å². The highest BCUT2D eigenvalue weighted by molar-refractivity contribution is 5.55. The predicted molar refractivity (Wildman–Crippen MR) is 73.6 cm³/mol. The van der Waals surface area contributed by atoms with Crippen LogP contribution in [0.5, 0.6) is 0 Å². The molecule has 0 bridgehead atoms. The van der Waals surface area contributed by atoms with Gasteiger partial charge < -0.3 is 5.32 Å². The number of nitrogens with one attached hydrogen (secondary N) is 1.